The molecule has 1 aromatic carbocycles. The lowest BCUT2D eigenvalue weighted by Crippen LogP contribution is -2.33. The first kappa shape index (κ1) is 17.2. The van der Waals surface area contributed by atoms with Crippen molar-refractivity contribution in [3.8, 4) is 11.4 Å². The third-order valence-corrected chi connectivity index (χ3v) is 3.93. The molecule has 2 aromatic heterocycles. The normalized spacial score (nSPS) is 12.1. The quantitative estimate of drug-likeness (QED) is 0.700. The summed E-state index contributed by atoms with van der Waals surface area (Å²) >= 11 is 5.86. The average Bonchev–Trinajstić information content (AvgIpc) is 3.27. The Morgan fingerprint density at radius 3 is 2.88 bits per heavy atom. The molecule has 0 fully saturated rings. The van der Waals surface area contributed by atoms with Crippen molar-refractivity contribution < 1.29 is 9.32 Å². The lowest BCUT2D eigenvalue weighted by atomic mass is 10.1. The number of nitrogens with one attached hydrogen (secondary N) is 1. The molecular formula is C17H18ClN5O2. The first-order valence-electron chi connectivity index (χ1n) is 7.95. The largest absolute Gasteiger partial charge is 0.355 e. The molecule has 2 heterocycles. The molecule has 3 aromatic rings. The van der Waals surface area contributed by atoms with Crippen LogP contribution in [0.15, 0.2) is 47.2 Å². The van der Waals surface area contributed by atoms with E-state index < -0.39 is 0 Å². The molecule has 0 radical (unpaired) electrons. The Morgan fingerprint density at radius 2 is 2.16 bits per heavy atom. The maximum absolute atomic E-state index is 12.1. The van der Waals surface area contributed by atoms with Crippen molar-refractivity contribution in [3.05, 3.63) is 53.6 Å². The molecule has 3 rings (SSSR count). The number of hydrogen-bond donors (Lipinski definition) is 1. The zero-order chi connectivity index (χ0) is 17.6. The molecule has 0 spiro atoms. The topological polar surface area (TPSA) is 85.8 Å². The van der Waals surface area contributed by atoms with E-state index >= 15 is 0 Å². The van der Waals surface area contributed by atoms with Crippen LogP contribution >= 0.6 is 11.6 Å². The van der Waals surface area contributed by atoms with Crippen LogP contribution in [-0.2, 0) is 17.8 Å². The number of carbonyl (C=O) groups is 1. The van der Waals surface area contributed by atoms with Crippen LogP contribution in [0.2, 0.25) is 5.02 Å². The zero-order valence-corrected chi connectivity index (χ0v) is 14.5. The van der Waals surface area contributed by atoms with E-state index in [0.717, 1.165) is 5.56 Å². The second kappa shape index (κ2) is 7.94. The predicted octanol–water partition coefficient (Wildman–Crippen LogP) is 2.58. The van der Waals surface area contributed by atoms with E-state index in [0.29, 0.717) is 36.2 Å². The Balaban J connectivity index is 1.47. The molecule has 1 N–H and O–H groups in total. The highest BCUT2D eigenvalue weighted by Gasteiger charge is 2.14. The number of carbonyl (C=O) groups excluding carboxylic acids is 1. The molecule has 0 aliphatic heterocycles. The SMILES string of the molecule is C[C@@H](Cn1cccn1)C(=O)NCCc1nc(-c2ccc(Cl)cc2)no1. The van der Waals surface area contributed by atoms with E-state index in [4.69, 9.17) is 16.1 Å². The maximum Gasteiger partial charge on any atom is 0.228 e. The van der Waals surface area contributed by atoms with Gasteiger partial charge in [-0.05, 0) is 30.3 Å². The molecule has 1 amide bonds. The van der Waals surface area contributed by atoms with Crippen LogP contribution < -0.4 is 5.32 Å². The van der Waals surface area contributed by atoms with Crippen molar-refractivity contribution in [2.24, 2.45) is 5.92 Å². The number of halogens is 1. The molecule has 0 saturated carbocycles. The van der Waals surface area contributed by atoms with Crippen molar-refractivity contribution in [2.45, 2.75) is 19.9 Å². The Kier molecular flexibility index (Phi) is 5.45. The molecular weight excluding hydrogens is 342 g/mol. The first-order valence-corrected chi connectivity index (χ1v) is 8.33. The van der Waals surface area contributed by atoms with Gasteiger partial charge in [0.2, 0.25) is 17.6 Å². The lowest BCUT2D eigenvalue weighted by Gasteiger charge is -2.11. The van der Waals surface area contributed by atoms with Crippen molar-refractivity contribution in [1.29, 1.82) is 0 Å². The van der Waals surface area contributed by atoms with Crippen LogP contribution in [0.25, 0.3) is 11.4 Å². The van der Waals surface area contributed by atoms with Gasteiger partial charge >= 0.3 is 0 Å². The summed E-state index contributed by atoms with van der Waals surface area (Å²) in [5.74, 6) is 0.773. The summed E-state index contributed by atoms with van der Waals surface area (Å²) in [6.45, 7) is 2.84. The standard InChI is InChI=1S/C17H18ClN5O2/c1-12(11-23-10-2-8-20-23)17(24)19-9-7-15-21-16(22-25-15)13-3-5-14(18)6-4-13/h2-6,8,10,12H,7,9,11H2,1H3,(H,19,24)/t12-/m0/s1. The van der Waals surface area contributed by atoms with Crippen LogP contribution in [0, 0.1) is 5.92 Å². The minimum atomic E-state index is -0.174. The molecule has 0 aliphatic carbocycles. The Labute approximate surface area is 150 Å². The van der Waals surface area contributed by atoms with Gasteiger partial charge in [-0.2, -0.15) is 10.1 Å². The molecule has 25 heavy (non-hydrogen) atoms. The van der Waals surface area contributed by atoms with Gasteiger partial charge in [0.05, 0.1) is 12.5 Å². The van der Waals surface area contributed by atoms with E-state index in [9.17, 15) is 4.79 Å². The summed E-state index contributed by atoms with van der Waals surface area (Å²) in [5, 5.41) is 11.6. The third kappa shape index (κ3) is 4.67. The molecule has 0 bridgehead atoms. The lowest BCUT2D eigenvalue weighted by molar-refractivity contribution is -0.124. The minimum Gasteiger partial charge on any atom is -0.355 e. The van der Waals surface area contributed by atoms with Gasteiger partial charge in [-0.3, -0.25) is 9.48 Å². The molecule has 1 atom stereocenters. The maximum atomic E-state index is 12.1. The van der Waals surface area contributed by atoms with Crippen LogP contribution in [0.5, 0.6) is 0 Å². The fraction of sp³-hybridized carbons (Fsp3) is 0.294. The van der Waals surface area contributed by atoms with E-state index in [2.05, 4.69) is 20.6 Å². The highest BCUT2D eigenvalue weighted by Crippen LogP contribution is 2.18. The van der Waals surface area contributed by atoms with Crippen molar-refractivity contribution in [1.82, 2.24) is 25.2 Å². The van der Waals surface area contributed by atoms with E-state index in [1.54, 1.807) is 23.0 Å². The predicted molar refractivity (Wildman–Crippen MR) is 92.8 cm³/mol. The number of aromatic nitrogens is 4. The summed E-state index contributed by atoms with van der Waals surface area (Å²) < 4.78 is 6.95. The first-order chi connectivity index (χ1) is 12.1. The van der Waals surface area contributed by atoms with Gasteiger partial charge in [0.25, 0.3) is 0 Å². The van der Waals surface area contributed by atoms with Gasteiger partial charge in [-0.15, -0.1) is 0 Å². The molecule has 0 unspecified atom stereocenters. The Hall–Kier alpha value is -2.67. The molecule has 0 aliphatic rings. The van der Waals surface area contributed by atoms with Crippen molar-refractivity contribution in [3.63, 3.8) is 0 Å². The van der Waals surface area contributed by atoms with Crippen molar-refractivity contribution in [2.75, 3.05) is 6.54 Å². The highest BCUT2D eigenvalue weighted by atomic mass is 35.5. The van der Waals surface area contributed by atoms with Gasteiger partial charge in [0.1, 0.15) is 0 Å². The van der Waals surface area contributed by atoms with Crippen LogP contribution in [0.1, 0.15) is 12.8 Å². The van der Waals surface area contributed by atoms with Gasteiger partial charge in [-0.1, -0.05) is 23.7 Å². The second-order valence-corrected chi connectivity index (χ2v) is 6.13. The number of nitrogens with zero attached hydrogens (tertiary/aromatic N) is 4. The molecule has 130 valence electrons. The third-order valence-electron chi connectivity index (χ3n) is 3.68. The number of rotatable bonds is 7. The van der Waals surface area contributed by atoms with Crippen LogP contribution in [-0.4, -0.2) is 32.4 Å². The second-order valence-electron chi connectivity index (χ2n) is 5.69. The van der Waals surface area contributed by atoms with E-state index in [-0.39, 0.29) is 11.8 Å². The number of benzene rings is 1. The van der Waals surface area contributed by atoms with Crippen LogP contribution in [0.4, 0.5) is 0 Å². The van der Waals surface area contributed by atoms with Gasteiger partial charge < -0.3 is 9.84 Å². The van der Waals surface area contributed by atoms with Gasteiger partial charge in [0, 0.05) is 35.9 Å². The smallest absolute Gasteiger partial charge is 0.228 e. The molecule has 7 nitrogen and oxygen atoms in total. The van der Waals surface area contributed by atoms with Gasteiger partial charge in [0.15, 0.2) is 0 Å². The summed E-state index contributed by atoms with van der Waals surface area (Å²) in [6.07, 6.45) is 4.00. The van der Waals surface area contributed by atoms with E-state index in [1.807, 2.05) is 31.3 Å². The monoisotopic (exact) mass is 359 g/mol. The molecule has 0 saturated heterocycles. The van der Waals surface area contributed by atoms with E-state index in [1.165, 1.54) is 0 Å². The summed E-state index contributed by atoms with van der Waals surface area (Å²) in [4.78, 5) is 16.4. The summed E-state index contributed by atoms with van der Waals surface area (Å²) in [6, 6.07) is 9.03. The fourth-order valence-corrected chi connectivity index (χ4v) is 2.44. The highest BCUT2D eigenvalue weighted by molar-refractivity contribution is 6.30. The Morgan fingerprint density at radius 1 is 1.36 bits per heavy atom. The number of hydrogen-bond acceptors (Lipinski definition) is 5. The summed E-state index contributed by atoms with van der Waals surface area (Å²) in [7, 11) is 0. The summed E-state index contributed by atoms with van der Waals surface area (Å²) in [5.41, 5.74) is 0.830. The average molecular weight is 360 g/mol. The van der Waals surface area contributed by atoms with Crippen molar-refractivity contribution >= 4 is 17.5 Å². The Bertz CT molecular complexity index is 814. The van der Waals surface area contributed by atoms with Gasteiger partial charge in [-0.25, -0.2) is 0 Å². The van der Waals surface area contributed by atoms with Crippen LogP contribution in [0.3, 0.4) is 0 Å². The number of amides is 1. The zero-order valence-electron chi connectivity index (χ0n) is 13.7. The fourth-order valence-electron chi connectivity index (χ4n) is 2.31. The minimum absolute atomic E-state index is 0.0343. The molecule has 8 heteroatoms.